The van der Waals surface area contributed by atoms with Gasteiger partial charge in [0.25, 0.3) is 5.03 Å². The summed E-state index contributed by atoms with van der Waals surface area (Å²) in [5.74, 6) is 0.122. The Labute approximate surface area is 62.9 Å². The van der Waals surface area contributed by atoms with Crippen LogP contribution in [0.1, 0.15) is 0 Å². The molecule has 10 heavy (non-hydrogen) atoms. The van der Waals surface area contributed by atoms with Gasteiger partial charge in [0.2, 0.25) is 0 Å². The predicted molar refractivity (Wildman–Crippen MR) is 38.8 cm³/mol. The third-order valence-corrected chi connectivity index (χ3v) is 1.79. The molecule has 1 heterocycles. The van der Waals surface area contributed by atoms with Crippen molar-refractivity contribution < 1.29 is 9.84 Å². The van der Waals surface area contributed by atoms with Gasteiger partial charge < -0.3 is 10.3 Å². The molecule has 0 aliphatic heterocycles. The fourth-order valence-corrected chi connectivity index (χ4v) is 1.08. The van der Waals surface area contributed by atoms with Crippen LogP contribution in [0.25, 0.3) is 0 Å². The third kappa shape index (κ3) is 1.33. The summed E-state index contributed by atoms with van der Waals surface area (Å²) in [6, 6.07) is 2.78. The SMILES string of the molecule is CSc1cc(O)cc[n+]1[O-]. The lowest BCUT2D eigenvalue weighted by Crippen LogP contribution is -2.27. The van der Waals surface area contributed by atoms with E-state index in [9.17, 15) is 5.21 Å². The van der Waals surface area contributed by atoms with Crippen LogP contribution in [0.5, 0.6) is 5.75 Å². The highest BCUT2D eigenvalue weighted by molar-refractivity contribution is 7.98. The molecule has 0 aliphatic carbocycles. The van der Waals surface area contributed by atoms with Gasteiger partial charge in [-0.2, -0.15) is 4.73 Å². The number of rotatable bonds is 1. The van der Waals surface area contributed by atoms with Gasteiger partial charge in [-0.1, -0.05) is 11.8 Å². The zero-order valence-corrected chi connectivity index (χ0v) is 6.26. The molecule has 4 heteroatoms. The van der Waals surface area contributed by atoms with Crippen molar-refractivity contribution in [1.82, 2.24) is 0 Å². The molecule has 0 amide bonds. The van der Waals surface area contributed by atoms with Crippen molar-refractivity contribution in [3.05, 3.63) is 23.5 Å². The fourth-order valence-electron chi connectivity index (χ4n) is 0.605. The first-order chi connectivity index (χ1) is 4.74. The molecule has 0 fully saturated rings. The second-order valence-electron chi connectivity index (χ2n) is 1.75. The summed E-state index contributed by atoms with van der Waals surface area (Å²) in [4.78, 5) is 0. The molecule has 1 aromatic heterocycles. The molecule has 0 aliphatic rings. The monoisotopic (exact) mass is 157 g/mol. The minimum atomic E-state index is 0.122. The van der Waals surface area contributed by atoms with Gasteiger partial charge in [0, 0.05) is 6.07 Å². The van der Waals surface area contributed by atoms with Gasteiger partial charge in [-0.15, -0.1) is 0 Å². The Hall–Kier alpha value is -0.900. The van der Waals surface area contributed by atoms with E-state index in [4.69, 9.17) is 5.11 Å². The van der Waals surface area contributed by atoms with Crippen LogP contribution in [0, 0.1) is 5.21 Å². The Balaban J connectivity index is 3.09. The summed E-state index contributed by atoms with van der Waals surface area (Å²) >= 11 is 1.30. The molecular weight excluding hydrogens is 150 g/mol. The average molecular weight is 157 g/mol. The maximum Gasteiger partial charge on any atom is 0.254 e. The van der Waals surface area contributed by atoms with Crippen LogP contribution in [-0.4, -0.2) is 11.4 Å². The Bertz CT molecular complexity index is 239. The van der Waals surface area contributed by atoms with Crippen LogP contribution in [0.2, 0.25) is 0 Å². The van der Waals surface area contributed by atoms with Crippen molar-refractivity contribution in [3.63, 3.8) is 0 Å². The van der Waals surface area contributed by atoms with Crippen molar-refractivity contribution in [2.75, 3.05) is 6.26 Å². The highest BCUT2D eigenvalue weighted by Gasteiger charge is 2.02. The van der Waals surface area contributed by atoms with E-state index in [-0.39, 0.29) is 5.75 Å². The summed E-state index contributed by atoms with van der Waals surface area (Å²) in [6.07, 6.45) is 3.06. The Morgan fingerprint density at radius 3 is 2.90 bits per heavy atom. The Morgan fingerprint density at radius 1 is 1.70 bits per heavy atom. The van der Waals surface area contributed by atoms with E-state index in [1.807, 2.05) is 0 Å². The number of hydrogen-bond acceptors (Lipinski definition) is 3. The van der Waals surface area contributed by atoms with Gasteiger partial charge in [0.15, 0.2) is 6.20 Å². The molecule has 0 saturated carbocycles. The first kappa shape index (κ1) is 7.21. The number of aromatic nitrogens is 1. The number of aromatic hydroxyl groups is 1. The molecule has 3 nitrogen and oxygen atoms in total. The second kappa shape index (κ2) is 2.79. The van der Waals surface area contributed by atoms with Crippen molar-refractivity contribution in [3.8, 4) is 5.75 Å². The lowest BCUT2D eigenvalue weighted by atomic mass is 10.5. The summed E-state index contributed by atoms with van der Waals surface area (Å²) in [7, 11) is 0. The highest BCUT2D eigenvalue weighted by atomic mass is 32.2. The second-order valence-corrected chi connectivity index (χ2v) is 2.58. The molecule has 1 aromatic rings. The van der Waals surface area contributed by atoms with Gasteiger partial charge in [0.1, 0.15) is 5.75 Å². The van der Waals surface area contributed by atoms with Crippen LogP contribution in [-0.2, 0) is 0 Å². The van der Waals surface area contributed by atoms with Crippen LogP contribution in [0.15, 0.2) is 23.4 Å². The molecule has 0 aromatic carbocycles. The Kier molecular flexibility index (Phi) is 2.01. The van der Waals surface area contributed by atoms with E-state index >= 15 is 0 Å². The largest absolute Gasteiger partial charge is 0.618 e. The quantitative estimate of drug-likeness (QED) is 0.371. The van der Waals surface area contributed by atoms with Gasteiger partial charge in [0.05, 0.1) is 6.07 Å². The minimum Gasteiger partial charge on any atom is -0.618 e. The summed E-state index contributed by atoms with van der Waals surface area (Å²) < 4.78 is 0.713. The number of hydrogen-bond donors (Lipinski definition) is 1. The van der Waals surface area contributed by atoms with Gasteiger partial charge in [-0.25, -0.2) is 0 Å². The maximum atomic E-state index is 10.8. The summed E-state index contributed by atoms with van der Waals surface area (Å²) in [5, 5.41) is 20.2. The van der Waals surface area contributed by atoms with Crippen molar-refractivity contribution in [2.24, 2.45) is 0 Å². The van der Waals surface area contributed by atoms with E-state index in [0.29, 0.717) is 9.76 Å². The molecular formula is C6H7NO2S. The van der Waals surface area contributed by atoms with E-state index in [1.165, 1.54) is 30.1 Å². The Morgan fingerprint density at radius 2 is 2.40 bits per heavy atom. The number of nitrogens with zero attached hydrogens (tertiary/aromatic N) is 1. The van der Waals surface area contributed by atoms with Crippen LogP contribution in [0.3, 0.4) is 0 Å². The zero-order chi connectivity index (χ0) is 7.56. The molecule has 0 unspecified atom stereocenters. The topological polar surface area (TPSA) is 47.2 Å². The third-order valence-electron chi connectivity index (χ3n) is 1.08. The molecule has 0 atom stereocenters. The maximum absolute atomic E-state index is 10.8. The molecule has 54 valence electrons. The van der Waals surface area contributed by atoms with Crippen LogP contribution < -0.4 is 4.73 Å². The standard InChI is InChI=1S/C6H7NO2S/c1-10-6-4-5(8)2-3-7(6)9/h2-4,8H,1H3. The van der Waals surface area contributed by atoms with Crippen LogP contribution in [0.4, 0.5) is 0 Å². The summed E-state index contributed by atoms with van der Waals surface area (Å²) in [6.45, 7) is 0. The lowest BCUT2D eigenvalue weighted by molar-refractivity contribution is -0.645. The molecule has 0 spiro atoms. The smallest absolute Gasteiger partial charge is 0.254 e. The lowest BCUT2D eigenvalue weighted by Gasteiger charge is -1.99. The highest BCUT2D eigenvalue weighted by Crippen LogP contribution is 2.14. The van der Waals surface area contributed by atoms with E-state index in [0.717, 1.165) is 0 Å². The van der Waals surface area contributed by atoms with Gasteiger partial charge in [-0.05, 0) is 6.26 Å². The molecule has 0 radical (unpaired) electrons. The average Bonchev–Trinajstić information content (AvgIpc) is 1.94. The minimum absolute atomic E-state index is 0.122. The molecule has 1 rings (SSSR count). The number of thioether (sulfide) groups is 1. The number of pyridine rings is 1. The van der Waals surface area contributed by atoms with Crippen LogP contribution >= 0.6 is 11.8 Å². The van der Waals surface area contributed by atoms with Crippen molar-refractivity contribution in [2.45, 2.75) is 5.03 Å². The van der Waals surface area contributed by atoms with Crippen molar-refractivity contribution >= 4 is 11.8 Å². The first-order valence-electron chi connectivity index (χ1n) is 2.70. The van der Waals surface area contributed by atoms with Crippen molar-refractivity contribution in [1.29, 1.82) is 0 Å². The van der Waals surface area contributed by atoms with Gasteiger partial charge >= 0.3 is 0 Å². The fraction of sp³-hybridized carbons (Fsp3) is 0.167. The normalized spacial score (nSPS) is 9.70. The van der Waals surface area contributed by atoms with E-state index in [1.54, 1.807) is 6.26 Å². The first-order valence-corrected chi connectivity index (χ1v) is 3.92. The van der Waals surface area contributed by atoms with E-state index < -0.39 is 0 Å². The van der Waals surface area contributed by atoms with Gasteiger partial charge in [-0.3, -0.25) is 0 Å². The van der Waals surface area contributed by atoms with E-state index in [2.05, 4.69) is 0 Å². The summed E-state index contributed by atoms with van der Waals surface area (Å²) in [5.41, 5.74) is 0. The molecule has 0 bridgehead atoms. The predicted octanol–water partition coefficient (Wildman–Crippen LogP) is 0.747. The molecule has 1 N–H and O–H groups in total. The zero-order valence-electron chi connectivity index (χ0n) is 5.44. The molecule has 0 saturated heterocycles.